The fourth-order valence-corrected chi connectivity index (χ4v) is 1.23. The number of hydrogen-bond donors (Lipinski definition) is 2. The van der Waals surface area contributed by atoms with E-state index in [0.29, 0.717) is 6.54 Å². The first kappa shape index (κ1) is 7.98. The van der Waals surface area contributed by atoms with E-state index in [1.807, 2.05) is 0 Å². The van der Waals surface area contributed by atoms with Gasteiger partial charge in [-0.15, -0.1) is 7.05 Å². The van der Waals surface area contributed by atoms with Crippen LogP contribution >= 0.6 is 0 Å². The number of nitrogens with one attached hydrogen (secondary N) is 1. The quantitative estimate of drug-likeness (QED) is 0.410. The third-order valence-corrected chi connectivity index (χ3v) is 1.74. The zero-order chi connectivity index (χ0) is 7.40. The van der Waals surface area contributed by atoms with Crippen LogP contribution < -0.4 is 5.06 Å². The minimum absolute atomic E-state index is 0.228. The number of hydrogen-bond acceptors (Lipinski definition) is 2. The van der Waals surface area contributed by atoms with Crippen molar-refractivity contribution in [2.45, 2.75) is 25.4 Å². The smallest absolute Gasteiger partial charge is 0.108 e. The summed E-state index contributed by atoms with van der Waals surface area (Å²) in [5.74, 6) is 0. The van der Waals surface area contributed by atoms with Crippen molar-refractivity contribution in [1.82, 2.24) is 0 Å². The standard InChI is InChI=1S/C7H15NO2/c1-8(9)6-7-4-2-3-5-10-7/h7-9H,1-6H2. The molecular formula is C7H15NO2. The number of ether oxygens (including phenoxy) is 1. The number of rotatable bonds is 2. The van der Waals surface area contributed by atoms with E-state index in [-0.39, 0.29) is 11.2 Å². The topological polar surface area (TPSA) is 33.9 Å². The molecule has 3 nitrogen and oxygen atoms in total. The maximum absolute atomic E-state index is 8.83. The Morgan fingerprint density at radius 1 is 1.60 bits per heavy atom. The summed E-state index contributed by atoms with van der Waals surface area (Å²) >= 11 is 0. The Balaban J connectivity index is 2.13. The van der Waals surface area contributed by atoms with E-state index < -0.39 is 0 Å². The van der Waals surface area contributed by atoms with E-state index in [1.54, 1.807) is 0 Å². The minimum Gasteiger partial charge on any atom is -0.372 e. The second-order valence-electron chi connectivity index (χ2n) is 2.76. The van der Waals surface area contributed by atoms with Gasteiger partial charge >= 0.3 is 0 Å². The third kappa shape index (κ3) is 2.64. The third-order valence-electron chi connectivity index (χ3n) is 1.74. The van der Waals surface area contributed by atoms with Gasteiger partial charge in [0, 0.05) is 6.61 Å². The largest absolute Gasteiger partial charge is 0.372 e. The maximum atomic E-state index is 8.83. The average Bonchev–Trinajstić information content (AvgIpc) is 1.88. The normalized spacial score (nSPS) is 30.0. The molecular weight excluding hydrogens is 130 g/mol. The van der Waals surface area contributed by atoms with Crippen molar-refractivity contribution in [1.29, 1.82) is 0 Å². The summed E-state index contributed by atoms with van der Waals surface area (Å²) in [5, 5.41) is 9.07. The van der Waals surface area contributed by atoms with Crippen LogP contribution in [0.3, 0.4) is 0 Å². The van der Waals surface area contributed by atoms with Crippen LogP contribution in [0.5, 0.6) is 0 Å². The van der Waals surface area contributed by atoms with Gasteiger partial charge in [0.25, 0.3) is 0 Å². The molecule has 2 N–H and O–H groups in total. The molecule has 10 heavy (non-hydrogen) atoms. The summed E-state index contributed by atoms with van der Waals surface area (Å²) in [6, 6.07) is 0. The van der Waals surface area contributed by atoms with E-state index in [4.69, 9.17) is 9.94 Å². The number of hydroxylamine groups is 2. The van der Waals surface area contributed by atoms with Crippen molar-refractivity contribution in [3.63, 3.8) is 0 Å². The van der Waals surface area contributed by atoms with Crippen LogP contribution in [0.4, 0.5) is 0 Å². The van der Waals surface area contributed by atoms with Crippen LogP contribution in [-0.2, 0) is 4.74 Å². The molecule has 1 fully saturated rings. The summed E-state index contributed by atoms with van der Waals surface area (Å²) < 4.78 is 5.37. The van der Waals surface area contributed by atoms with Crippen LogP contribution in [0.1, 0.15) is 19.3 Å². The van der Waals surface area contributed by atoms with Crippen molar-refractivity contribution in [3.05, 3.63) is 7.05 Å². The summed E-state index contributed by atoms with van der Waals surface area (Å²) in [6.45, 7) is 1.46. The van der Waals surface area contributed by atoms with Crippen LogP contribution in [-0.4, -0.2) is 24.5 Å². The fourth-order valence-electron chi connectivity index (χ4n) is 1.23. The van der Waals surface area contributed by atoms with Crippen LogP contribution in [0, 0.1) is 7.05 Å². The molecule has 3 heteroatoms. The van der Waals surface area contributed by atoms with Gasteiger partial charge in [0.05, 0.1) is 0 Å². The summed E-state index contributed by atoms with van der Waals surface area (Å²) in [5.41, 5.74) is 0. The summed E-state index contributed by atoms with van der Waals surface area (Å²) in [6.07, 6.45) is 3.68. The molecule has 1 saturated heterocycles. The Morgan fingerprint density at radius 3 is 2.90 bits per heavy atom. The molecule has 60 valence electrons. The predicted octanol–water partition coefficient (Wildman–Crippen LogP) is -0.379. The van der Waals surface area contributed by atoms with Crippen molar-refractivity contribution in [2.24, 2.45) is 0 Å². The highest BCUT2D eigenvalue weighted by Gasteiger charge is 2.15. The van der Waals surface area contributed by atoms with E-state index in [0.717, 1.165) is 19.4 Å². The molecule has 1 heterocycles. The van der Waals surface area contributed by atoms with Crippen molar-refractivity contribution in [3.8, 4) is 0 Å². The van der Waals surface area contributed by atoms with Crippen molar-refractivity contribution >= 4 is 0 Å². The average molecular weight is 145 g/mol. The molecule has 0 aliphatic carbocycles. The Bertz CT molecular complexity index is 89.6. The molecule has 2 atom stereocenters. The van der Waals surface area contributed by atoms with Gasteiger partial charge in [-0.25, -0.2) is 5.21 Å². The van der Waals surface area contributed by atoms with Gasteiger partial charge in [0.1, 0.15) is 12.6 Å². The Hall–Kier alpha value is -0.120. The van der Waals surface area contributed by atoms with Gasteiger partial charge in [-0.3, -0.25) is 0 Å². The summed E-state index contributed by atoms with van der Waals surface area (Å²) in [7, 11) is 3.42. The molecule has 0 aromatic heterocycles. The molecule has 0 bridgehead atoms. The lowest BCUT2D eigenvalue weighted by Gasteiger charge is -2.24. The molecule has 0 aromatic carbocycles. The van der Waals surface area contributed by atoms with Crippen LogP contribution in [0.25, 0.3) is 0 Å². The lowest BCUT2D eigenvalue weighted by molar-refractivity contribution is -1.05. The van der Waals surface area contributed by atoms with Crippen molar-refractivity contribution in [2.75, 3.05) is 13.2 Å². The highest BCUT2D eigenvalue weighted by atomic mass is 16.5. The highest BCUT2D eigenvalue weighted by molar-refractivity contribution is 4.60. The molecule has 0 radical (unpaired) electrons. The first-order chi connectivity index (χ1) is 4.79. The zero-order valence-electron chi connectivity index (χ0n) is 6.18. The van der Waals surface area contributed by atoms with Gasteiger partial charge in [-0.2, -0.15) is 0 Å². The maximum Gasteiger partial charge on any atom is 0.108 e. The lowest BCUT2D eigenvalue weighted by Crippen LogP contribution is -3.05. The minimum atomic E-state index is 0.228. The van der Waals surface area contributed by atoms with Gasteiger partial charge in [-0.1, -0.05) is 0 Å². The molecule has 0 aromatic rings. The SMILES string of the molecule is [CH2-][NH+](O)CC1CCCCO1. The Morgan fingerprint density at radius 2 is 2.40 bits per heavy atom. The van der Waals surface area contributed by atoms with Gasteiger partial charge in [-0.05, 0) is 19.3 Å². The molecule has 1 rings (SSSR count). The highest BCUT2D eigenvalue weighted by Crippen LogP contribution is 2.10. The zero-order valence-corrected chi connectivity index (χ0v) is 6.18. The monoisotopic (exact) mass is 145 g/mol. The van der Waals surface area contributed by atoms with Gasteiger partial charge < -0.3 is 9.80 Å². The van der Waals surface area contributed by atoms with E-state index in [2.05, 4.69) is 7.05 Å². The predicted molar refractivity (Wildman–Crippen MR) is 36.6 cm³/mol. The van der Waals surface area contributed by atoms with Gasteiger partial charge in [0.2, 0.25) is 0 Å². The van der Waals surface area contributed by atoms with Gasteiger partial charge in [0.15, 0.2) is 0 Å². The van der Waals surface area contributed by atoms with E-state index >= 15 is 0 Å². The van der Waals surface area contributed by atoms with E-state index in [1.165, 1.54) is 6.42 Å². The van der Waals surface area contributed by atoms with Crippen molar-refractivity contribution < 1.29 is 15.0 Å². The Labute approximate surface area is 61.5 Å². The van der Waals surface area contributed by atoms with Crippen LogP contribution in [0.15, 0.2) is 0 Å². The molecule has 1 aliphatic rings. The molecule has 1 aliphatic heterocycles. The first-order valence-corrected chi connectivity index (χ1v) is 3.77. The Kier molecular flexibility index (Phi) is 3.12. The molecule has 0 spiro atoms. The second-order valence-corrected chi connectivity index (χ2v) is 2.76. The van der Waals surface area contributed by atoms with E-state index in [9.17, 15) is 0 Å². The molecule has 0 saturated carbocycles. The first-order valence-electron chi connectivity index (χ1n) is 3.77. The molecule has 0 amide bonds. The fraction of sp³-hybridized carbons (Fsp3) is 0.857. The second kappa shape index (κ2) is 3.91. The number of quaternary nitrogens is 1. The summed E-state index contributed by atoms with van der Waals surface area (Å²) in [4.78, 5) is 0. The molecule has 2 unspecified atom stereocenters. The van der Waals surface area contributed by atoms with Crippen LogP contribution in [0.2, 0.25) is 0 Å². The lowest BCUT2D eigenvalue weighted by atomic mass is 10.1.